The average Bonchev–Trinajstić information content (AvgIpc) is 3.31. The van der Waals surface area contributed by atoms with Crippen LogP contribution in [0, 0.1) is 5.92 Å². The third-order valence-corrected chi connectivity index (χ3v) is 8.94. The van der Waals surface area contributed by atoms with E-state index in [1.54, 1.807) is 17.5 Å². The Hall–Kier alpha value is -1.90. The number of hydrogen-bond donors (Lipinski definition) is 1. The van der Waals surface area contributed by atoms with Crippen LogP contribution in [0.5, 0.6) is 0 Å². The third-order valence-electron chi connectivity index (χ3n) is 5.70. The zero-order valence-electron chi connectivity index (χ0n) is 16.4. The summed E-state index contributed by atoms with van der Waals surface area (Å²) in [6, 6.07) is 11.3. The number of carbonyl (C=O) groups excluding carboxylic acids is 1. The molecule has 29 heavy (non-hydrogen) atoms. The number of thiophene rings is 1. The number of hydrogen-bond acceptors (Lipinski definition) is 5. The molecule has 156 valence electrons. The number of nitrogens with one attached hydrogen (secondary N) is 1. The maximum Gasteiger partial charge on any atom is 0.252 e. The summed E-state index contributed by atoms with van der Waals surface area (Å²) >= 11 is 1.21. The van der Waals surface area contributed by atoms with E-state index >= 15 is 0 Å². The van der Waals surface area contributed by atoms with Gasteiger partial charge in [0, 0.05) is 37.6 Å². The largest absolute Gasteiger partial charge is 0.372 e. The van der Waals surface area contributed by atoms with E-state index in [0.29, 0.717) is 23.6 Å². The molecule has 1 atom stereocenters. The van der Waals surface area contributed by atoms with Crippen LogP contribution in [0.25, 0.3) is 0 Å². The molecule has 2 aliphatic rings. The van der Waals surface area contributed by atoms with Gasteiger partial charge in [0.2, 0.25) is 5.91 Å². The summed E-state index contributed by atoms with van der Waals surface area (Å²) < 4.78 is 27.3. The van der Waals surface area contributed by atoms with Gasteiger partial charge in [0.15, 0.2) is 0 Å². The smallest absolute Gasteiger partial charge is 0.252 e. The Labute approximate surface area is 176 Å². The van der Waals surface area contributed by atoms with E-state index in [2.05, 4.69) is 22.3 Å². The molecule has 4 rings (SSSR count). The van der Waals surface area contributed by atoms with Gasteiger partial charge < -0.3 is 10.2 Å². The lowest BCUT2D eigenvalue weighted by molar-refractivity contribution is -0.120. The highest BCUT2D eigenvalue weighted by atomic mass is 32.2. The highest BCUT2D eigenvalue weighted by Gasteiger charge is 2.33. The molecule has 0 aliphatic carbocycles. The van der Waals surface area contributed by atoms with Gasteiger partial charge in [-0.05, 0) is 67.8 Å². The summed E-state index contributed by atoms with van der Waals surface area (Å²) in [6.07, 6.45) is 5.14. The monoisotopic (exact) mass is 433 g/mol. The first-order chi connectivity index (χ1) is 14.0. The summed E-state index contributed by atoms with van der Waals surface area (Å²) in [7, 11) is -3.51. The Morgan fingerprint density at radius 2 is 1.76 bits per heavy atom. The van der Waals surface area contributed by atoms with Crippen LogP contribution < -0.4 is 10.2 Å². The first-order valence-electron chi connectivity index (χ1n) is 10.2. The fourth-order valence-electron chi connectivity index (χ4n) is 4.06. The predicted molar refractivity (Wildman–Crippen MR) is 117 cm³/mol. The summed E-state index contributed by atoms with van der Waals surface area (Å²) in [5.41, 5.74) is 1.95. The van der Waals surface area contributed by atoms with E-state index in [4.69, 9.17) is 0 Å². The van der Waals surface area contributed by atoms with E-state index in [-0.39, 0.29) is 18.4 Å². The molecule has 8 heteroatoms. The van der Waals surface area contributed by atoms with Crippen LogP contribution in [0.3, 0.4) is 0 Å². The zero-order chi connectivity index (χ0) is 20.3. The number of amides is 1. The van der Waals surface area contributed by atoms with Crippen LogP contribution in [0.2, 0.25) is 0 Å². The third kappa shape index (κ3) is 4.65. The van der Waals surface area contributed by atoms with Crippen molar-refractivity contribution >= 4 is 38.6 Å². The second-order valence-corrected chi connectivity index (χ2v) is 10.8. The molecule has 1 aromatic heterocycles. The minimum Gasteiger partial charge on any atom is -0.372 e. The van der Waals surface area contributed by atoms with E-state index in [0.717, 1.165) is 18.8 Å². The molecule has 2 fully saturated rings. The lowest BCUT2D eigenvalue weighted by Crippen LogP contribution is -2.43. The predicted octanol–water partition coefficient (Wildman–Crippen LogP) is 3.78. The van der Waals surface area contributed by atoms with Crippen LogP contribution in [0.1, 0.15) is 32.1 Å². The minimum absolute atomic E-state index is 0.109. The quantitative estimate of drug-likeness (QED) is 0.779. The van der Waals surface area contributed by atoms with Crippen LogP contribution in [0.4, 0.5) is 11.4 Å². The van der Waals surface area contributed by atoms with Crippen molar-refractivity contribution in [2.24, 2.45) is 5.92 Å². The lowest BCUT2D eigenvalue weighted by atomic mass is 9.98. The molecule has 2 saturated heterocycles. The van der Waals surface area contributed by atoms with Crippen molar-refractivity contribution in [3.8, 4) is 0 Å². The Balaban J connectivity index is 1.38. The fraction of sp³-hybridized carbons (Fsp3) is 0.476. The standard InChI is InChI=1S/C21H27N3O3S2/c25-21(22-18-8-10-19(11-9-18)23-12-2-1-3-13-23)17-6-4-14-24(16-17)29(26,27)20-7-5-15-28-20/h5,7-11,15,17H,1-4,6,12-14,16H2,(H,22,25). The highest BCUT2D eigenvalue weighted by Crippen LogP contribution is 2.27. The lowest BCUT2D eigenvalue weighted by Gasteiger charge is -2.31. The van der Waals surface area contributed by atoms with Crippen molar-refractivity contribution < 1.29 is 13.2 Å². The summed E-state index contributed by atoms with van der Waals surface area (Å²) in [4.78, 5) is 15.2. The van der Waals surface area contributed by atoms with Crippen LogP contribution in [-0.2, 0) is 14.8 Å². The molecule has 6 nitrogen and oxygen atoms in total. The normalized spacial score (nSPS) is 21.1. The molecule has 1 amide bonds. The van der Waals surface area contributed by atoms with Crippen molar-refractivity contribution in [3.05, 3.63) is 41.8 Å². The van der Waals surface area contributed by atoms with E-state index in [1.807, 2.05) is 12.1 Å². The summed E-state index contributed by atoms with van der Waals surface area (Å²) in [5.74, 6) is -0.443. The second-order valence-electron chi connectivity index (χ2n) is 7.72. The first kappa shape index (κ1) is 20.4. The molecule has 2 aliphatic heterocycles. The van der Waals surface area contributed by atoms with Crippen molar-refractivity contribution in [1.82, 2.24) is 4.31 Å². The van der Waals surface area contributed by atoms with Gasteiger partial charge in [-0.2, -0.15) is 4.31 Å². The molecular formula is C21H27N3O3S2. The van der Waals surface area contributed by atoms with Crippen molar-refractivity contribution in [2.45, 2.75) is 36.3 Å². The SMILES string of the molecule is O=C(Nc1ccc(N2CCCCC2)cc1)C1CCCN(S(=O)(=O)c2cccs2)C1. The van der Waals surface area contributed by atoms with E-state index < -0.39 is 10.0 Å². The number of anilines is 2. The van der Waals surface area contributed by atoms with Crippen LogP contribution in [-0.4, -0.2) is 44.8 Å². The summed E-state index contributed by atoms with van der Waals surface area (Å²) in [6.45, 7) is 2.87. The summed E-state index contributed by atoms with van der Waals surface area (Å²) in [5, 5.41) is 4.73. The number of nitrogens with zero attached hydrogens (tertiary/aromatic N) is 2. The molecule has 2 aromatic rings. The van der Waals surface area contributed by atoms with Crippen LogP contribution >= 0.6 is 11.3 Å². The molecule has 1 aromatic carbocycles. The highest BCUT2D eigenvalue weighted by molar-refractivity contribution is 7.91. The van der Waals surface area contributed by atoms with Gasteiger partial charge >= 0.3 is 0 Å². The molecule has 3 heterocycles. The van der Waals surface area contributed by atoms with Crippen molar-refractivity contribution in [3.63, 3.8) is 0 Å². The van der Waals surface area contributed by atoms with Gasteiger partial charge in [0.1, 0.15) is 4.21 Å². The Bertz CT molecular complexity index is 921. The maximum atomic E-state index is 12.8. The second kappa shape index (κ2) is 8.85. The zero-order valence-corrected chi connectivity index (χ0v) is 18.1. The molecule has 0 spiro atoms. The van der Waals surface area contributed by atoms with Gasteiger partial charge in [0.05, 0.1) is 5.92 Å². The number of piperidine rings is 2. The van der Waals surface area contributed by atoms with Crippen LogP contribution in [0.15, 0.2) is 46.0 Å². The molecule has 1 unspecified atom stereocenters. The van der Waals surface area contributed by atoms with Gasteiger partial charge in [-0.1, -0.05) is 6.07 Å². The molecule has 0 bridgehead atoms. The molecule has 1 N–H and O–H groups in total. The molecular weight excluding hydrogens is 406 g/mol. The van der Waals surface area contributed by atoms with E-state index in [9.17, 15) is 13.2 Å². The Morgan fingerprint density at radius 3 is 2.45 bits per heavy atom. The maximum absolute atomic E-state index is 12.8. The van der Waals surface area contributed by atoms with Gasteiger partial charge in [-0.15, -0.1) is 11.3 Å². The topological polar surface area (TPSA) is 69.7 Å². The Morgan fingerprint density at radius 1 is 1.00 bits per heavy atom. The number of carbonyl (C=O) groups is 1. The van der Waals surface area contributed by atoms with Gasteiger partial charge in [0.25, 0.3) is 10.0 Å². The van der Waals surface area contributed by atoms with Gasteiger partial charge in [-0.3, -0.25) is 4.79 Å². The van der Waals surface area contributed by atoms with Crippen molar-refractivity contribution in [2.75, 3.05) is 36.4 Å². The molecule has 0 saturated carbocycles. The Kier molecular flexibility index (Phi) is 6.22. The number of rotatable bonds is 5. The minimum atomic E-state index is -3.51. The first-order valence-corrected chi connectivity index (χ1v) is 12.6. The average molecular weight is 434 g/mol. The fourth-order valence-corrected chi connectivity index (χ4v) is 6.73. The number of benzene rings is 1. The van der Waals surface area contributed by atoms with Gasteiger partial charge in [-0.25, -0.2) is 8.42 Å². The molecule has 0 radical (unpaired) electrons. The van der Waals surface area contributed by atoms with E-state index in [1.165, 1.54) is 40.6 Å². The van der Waals surface area contributed by atoms with Crippen molar-refractivity contribution in [1.29, 1.82) is 0 Å². The number of sulfonamides is 1.